The summed E-state index contributed by atoms with van der Waals surface area (Å²) in [6.45, 7) is 4.25. The van der Waals surface area contributed by atoms with Crippen molar-refractivity contribution in [2.45, 2.75) is 25.2 Å². The highest BCUT2D eigenvalue weighted by atomic mass is 16.5. The van der Waals surface area contributed by atoms with Crippen molar-refractivity contribution in [3.05, 3.63) is 11.8 Å². The van der Waals surface area contributed by atoms with Crippen LogP contribution in [0.2, 0.25) is 0 Å². The summed E-state index contributed by atoms with van der Waals surface area (Å²) in [6, 6.07) is 1.83. The molecule has 0 saturated carbocycles. The van der Waals surface area contributed by atoms with E-state index in [1.54, 1.807) is 0 Å². The summed E-state index contributed by atoms with van der Waals surface area (Å²) in [7, 11) is 0. The molecule has 1 atom stereocenters. The number of aromatic nitrogens is 1. The molecule has 0 aliphatic carbocycles. The van der Waals surface area contributed by atoms with Gasteiger partial charge in [0.2, 0.25) is 5.88 Å². The highest BCUT2D eigenvalue weighted by Gasteiger charge is 2.31. The lowest BCUT2D eigenvalue weighted by atomic mass is 9.80. The van der Waals surface area contributed by atoms with Crippen molar-refractivity contribution in [2.24, 2.45) is 0 Å². The van der Waals surface area contributed by atoms with Gasteiger partial charge in [-0.2, -0.15) is 0 Å². The first-order valence-corrected chi connectivity index (χ1v) is 4.64. The van der Waals surface area contributed by atoms with Gasteiger partial charge in [-0.25, -0.2) is 0 Å². The summed E-state index contributed by atoms with van der Waals surface area (Å²) in [5.74, 6) is 0.404. The summed E-state index contributed by atoms with van der Waals surface area (Å²) in [5.41, 5.74) is 6.56. The molecule has 0 spiro atoms. The Bertz CT molecular complexity index is 289. The van der Waals surface area contributed by atoms with Gasteiger partial charge in [-0.1, -0.05) is 12.1 Å². The second-order valence-corrected chi connectivity index (χ2v) is 3.96. The van der Waals surface area contributed by atoms with E-state index in [1.807, 2.05) is 6.07 Å². The fourth-order valence-electron chi connectivity index (χ4n) is 1.85. The first-order chi connectivity index (χ1) is 6.21. The van der Waals surface area contributed by atoms with Crippen LogP contribution in [0.5, 0.6) is 0 Å². The average molecular weight is 181 g/mol. The van der Waals surface area contributed by atoms with Gasteiger partial charge in [0.1, 0.15) is 0 Å². The van der Waals surface area contributed by atoms with Crippen LogP contribution in [0.3, 0.4) is 0 Å². The molecule has 1 aliphatic heterocycles. The van der Waals surface area contributed by atoms with Crippen LogP contribution in [0.25, 0.3) is 0 Å². The minimum Gasteiger partial charge on any atom is -0.368 e. The summed E-state index contributed by atoms with van der Waals surface area (Å²) in [4.78, 5) is 0. The Hall–Kier alpha value is -1.03. The maximum absolute atomic E-state index is 5.49. The van der Waals surface area contributed by atoms with Gasteiger partial charge >= 0.3 is 0 Å². The van der Waals surface area contributed by atoms with E-state index in [-0.39, 0.29) is 5.41 Å². The Balaban J connectivity index is 2.22. The number of nitrogens with one attached hydrogen (secondary N) is 1. The summed E-state index contributed by atoms with van der Waals surface area (Å²) >= 11 is 0. The quantitative estimate of drug-likeness (QED) is 0.675. The largest absolute Gasteiger partial charge is 0.368 e. The van der Waals surface area contributed by atoms with Crippen LogP contribution in [0.4, 0.5) is 5.88 Å². The molecule has 1 unspecified atom stereocenters. The predicted molar refractivity (Wildman–Crippen MR) is 50.4 cm³/mol. The van der Waals surface area contributed by atoms with Gasteiger partial charge < -0.3 is 15.6 Å². The van der Waals surface area contributed by atoms with E-state index in [4.69, 9.17) is 10.3 Å². The van der Waals surface area contributed by atoms with Crippen molar-refractivity contribution in [3.63, 3.8) is 0 Å². The second-order valence-electron chi connectivity index (χ2n) is 3.96. The van der Waals surface area contributed by atoms with E-state index in [9.17, 15) is 0 Å². The first-order valence-electron chi connectivity index (χ1n) is 4.64. The second kappa shape index (κ2) is 3.03. The fourth-order valence-corrected chi connectivity index (χ4v) is 1.85. The molecule has 4 nitrogen and oxygen atoms in total. The smallest absolute Gasteiger partial charge is 0.222 e. The van der Waals surface area contributed by atoms with Gasteiger partial charge in [0.15, 0.2) is 0 Å². The maximum atomic E-state index is 5.49. The zero-order valence-electron chi connectivity index (χ0n) is 7.84. The van der Waals surface area contributed by atoms with Crippen LogP contribution in [-0.4, -0.2) is 18.2 Å². The Morgan fingerprint density at radius 3 is 3.08 bits per heavy atom. The summed E-state index contributed by atoms with van der Waals surface area (Å²) in [6.07, 6.45) is 2.33. The highest BCUT2D eigenvalue weighted by molar-refractivity contribution is 5.29. The number of nitrogens with two attached hydrogens (primary N) is 1. The van der Waals surface area contributed by atoms with Crippen LogP contribution < -0.4 is 11.1 Å². The number of nitrogens with zero attached hydrogens (tertiary/aromatic N) is 1. The monoisotopic (exact) mass is 181 g/mol. The Morgan fingerprint density at radius 1 is 1.69 bits per heavy atom. The van der Waals surface area contributed by atoms with E-state index in [0.29, 0.717) is 5.88 Å². The zero-order chi connectivity index (χ0) is 9.31. The van der Waals surface area contributed by atoms with E-state index in [0.717, 1.165) is 25.2 Å². The van der Waals surface area contributed by atoms with E-state index in [1.165, 1.54) is 6.42 Å². The normalized spacial score (nSPS) is 29.0. The molecule has 4 heteroatoms. The number of hydrogen-bond donors (Lipinski definition) is 2. The summed E-state index contributed by atoms with van der Waals surface area (Å²) < 4.78 is 4.88. The van der Waals surface area contributed by atoms with Crippen molar-refractivity contribution in [1.29, 1.82) is 0 Å². The van der Waals surface area contributed by atoms with Crippen LogP contribution >= 0.6 is 0 Å². The number of rotatable bonds is 1. The van der Waals surface area contributed by atoms with Crippen molar-refractivity contribution in [1.82, 2.24) is 10.5 Å². The molecule has 0 bridgehead atoms. The third-order valence-corrected chi connectivity index (χ3v) is 2.74. The predicted octanol–water partition coefficient (Wildman–Crippen LogP) is 0.898. The molecule has 1 aromatic rings. The molecule has 2 heterocycles. The molecule has 2 rings (SSSR count). The molecule has 1 aromatic heterocycles. The summed E-state index contributed by atoms with van der Waals surface area (Å²) in [5, 5.41) is 7.33. The standard InChI is InChI=1S/C9H15N3O/c1-9(3-2-4-11-6-9)7-5-8(10)13-12-7/h5,11H,2-4,6,10H2,1H3. The highest BCUT2D eigenvalue weighted by Crippen LogP contribution is 2.30. The number of piperidine rings is 1. The third kappa shape index (κ3) is 1.54. The lowest BCUT2D eigenvalue weighted by Crippen LogP contribution is -2.41. The van der Waals surface area contributed by atoms with Gasteiger partial charge in [0.25, 0.3) is 0 Å². The molecule has 72 valence electrons. The van der Waals surface area contributed by atoms with Crippen LogP contribution in [0, 0.1) is 0 Å². The molecule has 0 aromatic carbocycles. The minimum atomic E-state index is 0.0966. The molecule has 13 heavy (non-hydrogen) atoms. The molecule has 3 N–H and O–H groups in total. The SMILES string of the molecule is CC1(c2cc(N)on2)CCCNC1. The van der Waals surface area contributed by atoms with Gasteiger partial charge in [0.05, 0.1) is 5.69 Å². The zero-order valence-corrected chi connectivity index (χ0v) is 7.84. The third-order valence-electron chi connectivity index (χ3n) is 2.74. The van der Waals surface area contributed by atoms with Crippen LogP contribution in [0.1, 0.15) is 25.5 Å². The average Bonchev–Trinajstić information content (AvgIpc) is 2.54. The number of nitrogen functional groups attached to an aromatic ring is 1. The first kappa shape index (κ1) is 8.56. The van der Waals surface area contributed by atoms with Gasteiger partial charge in [-0.05, 0) is 19.4 Å². The Labute approximate surface area is 77.5 Å². The minimum absolute atomic E-state index is 0.0966. The fraction of sp³-hybridized carbons (Fsp3) is 0.667. The molecule has 1 fully saturated rings. The topological polar surface area (TPSA) is 64.1 Å². The molecule has 1 saturated heterocycles. The van der Waals surface area contributed by atoms with Crippen molar-refractivity contribution >= 4 is 5.88 Å². The Kier molecular flexibility index (Phi) is 2.00. The molecule has 0 radical (unpaired) electrons. The number of anilines is 1. The molecular weight excluding hydrogens is 166 g/mol. The van der Waals surface area contributed by atoms with Gasteiger partial charge in [-0.15, -0.1) is 0 Å². The van der Waals surface area contributed by atoms with Crippen molar-refractivity contribution in [2.75, 3.05) is 18.8 Å². The number of hydrogen-bond acceptors (Lipinski definition) is 4. The van der Waals surface area contributed by atoms with Crippen molar-refractivity contribution < 1.29 is 4.52 Å². The molecule has 0 amide bonds. The lowest BCUT2D eigenvalue weighted by Gasteiger charge is -2.31. The van der Waals surface area contributed by atoms with Gasteiger partial charge in [0, 0.05) is 18.0 Å². The van der Waals surface area contributed by atoms with Crippen LogP contribution in [0.15, 0.2) is 10.6 Å². The van der Waals surface area contributed by atoms with Crippen molar-refractivity contribution in [3.8, 4) is 0 Å². The van der Waals surface area contributed by atoms with Crippen LogP contribution in [-0.2, 0) is 5.41 Å². The van der Waals surface area contributed by atoms with E-state index in [2.05, 4.69) is 17.4 Å². The lowest BCUT2D eigenvalue weighted by molar-refractivity contribution is 0.312. The Morgan fingerprint density at radius 2 is 2.54 bits per heavy atom. The molecule has 1 aliphatic rings. The van der Waals surface area contributed by atoms with E-state index >= 15 is 0 Å². The maximum Gasteiger partial charge on any atom is 0.222 e. The van der Waals surface area contributed by atoms with Gasteiger partial charge in [-0.3, -0.25) is 0 Å². The van der Waals surface area contributed by atoms with E-state index < -0.39 is 0 Å². The molecular formula is C9H15N3O.